The van der Waals surface area contributed by atoms with E-state index in [0.29, 0.717) is 39.9 Å². The van der Waals surface area contributed by atoms with Gasteiger partial charge >= 0.3 is 5.97 Å². The smallest absolute Gasteiger partial charge is 0.302 e. The van der Waals surface area contributed by atoms with Crippen molar-refractivity contribution in [3.05, 3.63) is 23.8 Å². The Morgan fingerprint density at radius 3 is 2.46 bits per heavy atom. The van der Waals surface area contributed by atoms with E-state index in [4.69, 9.17) is 4.74 Å². The normalized spacial score (nSPS) is 44.3. The lowest BCUT2D eigenvalue weighted by Gasteiger charge is -2.62. The van der Waals surface area contributed by atoms with Crippen LogP contribution < -0.4 is 0 Å². The zero-order valence-corrected chi connectivity index (χ0v) is 24.2. The third-order valence-corrected chi connectivity index (χ3v) is 12.6. The summed E-state index contributed by atoms with van der Waals surface area (Å²) in [6.45, 7) is 23.2. The first-order valence-corrected chi connectivity index (χ1v) is 14.9. The van der Waals surface area contributed by atoms with Crippen molar-refractivity contribution < 1.29 is 9.53 Å². The van der Waals surface area contributed by atoms with E-state index in [0.717, 1.165) is 18.3 Å². The van der Waals surface area contributed by atoms with Crippen molar-refractivity contribution in [2.24, 2.45) is 51.8 Å². The number of hydrogen-bond donors (Lipinski definition) is 0. The van der Waals surface area contributed by atoms with E-state index in [9.17, 15) is 4.79 Å². The van der Waals surface area contributed by atoms with Crippen molar-refractivity contribution >= 4 is 5.97 Å². The molecular formula is C33H54O2. The average Bonchev–Trinajstić information content (AvgIpc) is 3.07. The van der Waals surface area contributed by atoms with Crippen LogP contribution in [-0.4, -0.2) is 12.1 Å². The van der Waals surface area contributed by atoms with Gasteiger partial charge in [-0.2, -0.15) is 0 Å². The fourth-order valence-electron chi connectivity index (χ4n) is 10.1. The molecule has 2 nitrogen and oxygen atoms in total. The predicted octanol–water partition coefficient (Wildman–Crippen LogP) is 9.15. The van der Waals surface area contributed by atoms with Gasteiger partial charge in [-0.15, -0.1) is 0 Å². The number of allylic oxidation sites excluding steroid dienone is 3. The van der Waals surface area contributed by atoms with Crippen LogP contribution >= 0.6 is 0 Å². The van der Waals surface area contributed by atoms with Gasteiger partial charge in [-0.1, -0.05) is 65.3 Å². The lowest BCUT2D eigenvalue weighted by atomic mass is 9.42. The molecule has 4 rings (SSSR count). The molecule has 0 radical (unpaired) electrons. The Morgan fingerprint density at radius 1 is 1.11 bits per heavy atom. The molecule has 6 unspecified atom stereocenters. The van der Waals surface area contributed by atoms with Gasteiger partial charge in [0.1, 0.15) is 6.10 Å². The Balaban J connectivity index is 1.55. The van der Waals surface area contributed by atoms with Crippen molar-refractivity contribution in [3.63, 3.8) is 0 Å². The van der Waals surface area contributed by atoms with Crippen molar-refractivity contribution in [1.29, 1.82) is 0 Å². The number of carbonyl (C=O) groups is 1. The second-order valence-electron chi connectivity index (χ2n) is 14.0. The summed E-state index contributed by atoms with van der Waals surface area (Å²) < 4.78 is 5.78. The lowest BCUT2D eigenvalue weighted by molar-refractivity contribution is -0.159. The Morgan fingerprint density at radius 2 is 1.83 bits per heavy atom. The molecule has 0 bridgehead atoms. The van der Waals surface area contributed by atoms with E-state index in [2.05, 4.69) is 61.1 Å². The Bertz CT molecular complexity index is 855. The van der Waals surface area contributed by atoms with Crippen molar-refractivity contribution in [2.45, 2.75) is 126 Å². The molecule has 3 fully saturated rings. The van der Waals surface area contributed by atoms with Gasteiger partial charge in [0.15, 0.2) is 0 Å². The van der Waals surface area contributed by atoms with Crippen molar-refractivity contribution in [2.75, 3.05) is 0 Å². The molecule has 198 valence electrons. The molecule has 0 aromatic heterocycles. The van der Waals surface area contributed by atoms with Gasteiger partial charge in [0.25, 0.3) is 0 Å². The van der Waals surface area contributed by atoms with E-state index in [1.54, 1.807) is 6.92 Å². The first-order chi connectivity index (χ1) is 16.4. The molecule has 35 heavy (non-hydrogen) atoms. The lowest BCUT2D eigenvalue weighted by Crippen LogP contribution is -2.55. The van der Waals surface area contributed by atoms with Crippen LogP contribution in [0, 0.1) is 51.8 Å². The quantitative estimate of drug-likeness (QED) is 0.267. The van der Waals surface area contributed by atoms with Crippen LogP contribution in [0.1, 0.15) is 120 Å². The SMILES string of the molecule is C=C(C)C(CC)CCC(C)[C@H]1CCC2(C)C3=CCC4C(C)[C@@H](OC(C)=O)CC[C@]4(C)C3CC[C@]12C. The molecule has 0 N–H and O–H groups in total. The first kappa shape index (κ1) is 27.0. The summed E-state index contributed by atoms with van der Waals surface area (Å²) >= 11 is 0. The summed E-state index contributed by atoms with van der Waals surface area (Å²) in [6.07, 6.45) is 15.6. The molecule has 4 aliphatic rings. The molecule has 0 aromatic carbocycles. The number of fused-ring (bicyclic) bond motifs is 5. The number of rotatable bonds is 7. The number of ether oxygens (including phenoxy) is 1. The molecule has 0 aliphatic heterocycles. The molecule has 2 heteroatoms. The minimum Gasteiger partial charge on any atom is -0.462 e. The molecule has 3 saturated carbocycles. The van der Waals surface area contributed by atoms with Gasteiger partial charge in [-0.05, 0) is 123 Å². The predicted molar refractivity (Wildman–Crippen MR) is 147 cm³/mol. The Labute approximate surface area is 216 Å². The highest BCUT2D eigenvalue weighted by Crippen LogP contribution is 2.72. The van der Waals surface area contributed by atoms with Gasteiger partial charge in [-0.3, -0.25) is 4.79 Å². The van der Waals surface area contributed by atoms with Gasteiger partial charge < -0.3 is 4.74 Å². The Kier molecular flexibility index (Phi) is 7.47. The zero-order valence-electron chi connectivity index (χ0n) is 24.2. The fraction of sp³-hybridized carbons (Fsp3) is 0.848. The maximum atomic E-state index is 11.7. The third-order valence-electron chi connectivity index (χ3n) is 12.6. The fourth-order valence-corrected chi connectivity index (χ4v) is 10.1. The van der Waals surface area contributed by atoms with Gasteiger partial charge in [-0.25, -0.2) is 0 Å². The van der Waals surface area contributed by atoms with Crippen LogP contribution in [0.3, 0.4) is 0 Å². The first-order valence-electron chi connectivity index (χ1n) is 14.9. The highest BCUT2D eigenvalue weighted by molar-refractivity contribution is 5.66. The highest BCUT2D eigenvalue weighted by Gasteiger charge is 2.64. The average molecular weight is 483 g/mol. The van der Waals surface area contributed by atoms with E-state index in [-0.39, 0.29) is 12.1 Å². The van der Waals surface area contributed by atoms with Gasteiger partial charge in [0.05, 0.1) is 0 Å². The summed E-state index contributed by atoms with van der Waals surface area (Å²) in [6, 6.07) is 0. The number of hydrogen-bond acceptors (Lipinski definition) is 2. The maximum absolute atomic E-state index is 11.7. The minimum absolute atomic E-state index is 0.104. The van der Waals surface area contributed by atoms with E-state index in [1.807, 2.05) is 5.57 Å². The second-order valence-corrected chi connectivity index (χ2v) is 14.0. The minimum atomic E-state index is -0.113. The van der Waals surface area contributed by atoms with Gasteiger partial charge in [0.2, 0.25) is 0 Å². The third kappa shape index (κ3) is 4.27. The molecule has 4 aliphatic carbocycles. The van der Waals surface area contributed by atoms with E-state index in [1.165, 1.54) is 63.4 Å². The van der Waals surface area contributed by atoms with Crippen LogP contribution in [0.25, 0.3) is 0 Å². The van der Waals surface area contributed by atoms with Crippen molar-refractivity contribution in [1.82, 2.24) is 0 Å². The topological polar surface area (TPSA) is 26.3 Å². The van der Waals surface area contributed by atoms with E-state index < -0.39 is 0 Å². The summed E-state index contributed by atoms with van der Waals surface area (Å²) in [5, 5.41) is 0. The molecular weight excluding hydrogens is 428 g/mol. The summed E-state index contributed by atoms with van der Waals surface area (Å²) in [4.78, 5) is 11.7. The van der Waals surface area contributed by atoms with Crippen LogP contribution in [0.15, 0.2) is 23.8 Å². The van der Waals surface area contributed by atoms with Crippen LogP contribution in [-0.2, 0) is 9.53 Å². The number of carbonyl (C=O) groups excluding carboxylic acids is 1. The molecule has 10 atom stereocenters. The van der Waals surface area contributed by atoms with Crippen LogP contribution in [0.5, 0.6) is 0 Å². The monoisotopic (exact) mass is 482 g/mol. The number of esters is 1. The van der Waals surface area contributed by atoms with Crippen molar-refractivity contribution in [3.8, 4) is 0 Å². The van der Waals surface area contributed by atoms with Crippen LogP contribution in [0.4, 0.5) is 0 Å². The molecule has 0 amide bonds. The summed E-state index contributed by atoms with van der Waals surface area (Å²) in [5.41, 5.74) is 4.31. The highest BCUT2D eigenvalue weighted by atomic mass is 16.5. The molecule has 0 saturated heterocycles. The second kappa shape index (κ2) is 9.68. The molecule has 0 spiro atoms. The van der Waals surface area contributed by atoms with Gasteiger partial charge in [0, 0.05) is 6.92 Å². The molecule has 0 heterocycles. The largest absolute Gasteiger partial charge is 0.462 e. The van der Waals surface area contributed by atoms with E-state index >= 15 is 0 Å². The summed E-state index contributed by atoms with van der Waals surface area (Å²) in [7, 11) is 0. The Hall–Kier alpha value is -1.05. The van der Waals surface area contributed by atoms with Crippen LogP contribution in [0.2, 0.25) is 0 Å². The zero-order chi connectivity index (χ0) is 25.8. The summed E-state index contributed by atoms with van der Waals surface area (Å²) in [5.74, 6) is 4.00. The molecule has 0 aromatic rings. The standard InChI is InChI=1S/C33H54O2/c1-10-25(21(2)3)12-11-22(4)26-15-19-33(9)29-14-13-27-23(5)30(35-24(6)34)17-18-31(27,7)28(29)16-20-32(26,33)8/h14,22-23,25-28,30H,2,10-13,15-20H2,1,3-9H3/t22?,23?,25?,26-,27?,28?,30+,31+,32-,33?/m1/s1. The maximum Gasteiger partial charge on any atom is 0.302 e.